The minimum Gasteiger partial charge on any atom is -0.756 e. The van der Waals surface area contributed by atoms with Crippen LogP contribution in [0.2, 0.25) is 0 Å². The summed E-state index contributed by atoms with van der Waals surface area (Å²) in [5.41, 5.74) is 0. The molecule has 9 heteroatoms. The van der Waals surface area contributed by atoms with E-state index in [1.807, 2.05) is 39.4 Å². The number of rotatable bonds is 37. The molecule has 298 valence electrons. The molecule has 0 amide bonds. The summed E-state index contributed by atoms with van der Waals surface area (Å²) < 4.78 is 34.5. The smallest absolute Gasteiger partial charge is 0.305 e. The van der Waals surface area contributed by atoms with Crippen LogP contribution in [-0.2, 0) is 27.9 Å². The molecular weight excluding hydrogens is 661 g/mol. The van der Waals surface area contributed by atoms with Gasteiger partial charge in [0.25, 0.3) is 7.82 Å². The minimum absolute atomic E-state index is 0.0338. The Morgan fingerprint density at radius 1 is 0.627 bits per heavy atom. The summed E-state index contributed by atoms with van der Waals surface area (Å²) in [5, 5.41) is 0. The first-order valence-electron chi connectivity index (χ1n) is 20.4. The number of quaternary nitrogens is 1. The maximum absolute atomic E-state index is 12.4. The number of hydrogen-bond donors (Lipinski definition) is 0. The van der Waals surface area contributed by atoms with Gasteiger partial charge in [-0.1, -0.05) is 165 Å². The third-order valence-corrected chi connectivity index (χ3v) is 9.49. The average Bonchev–Trinajstić information content (AvgIpc) is 3.08. The predicted molar refractivity (Wildman–Crippen MR) is 213 cm³/mol. The molecule has 0 saturated carbocycles. The fourth-order valence-corrected chi connectivity index (χ4v) is 6.02. The number of phosphoric ester groups is 1. The Bertz CT molecular complexity index is 957. The Morgan fingerprint density at radius 2 is 1.14 bits per heavy atom. The minimum atomic E-state index is -4.50. The number of carbonyl (C=O) groups excluding carboxylic acids is 1. The van der Waals surface area contributed by atoms with Crippen molar-refractivity contribution in [3.63, 3.8) is 0 Å². The third-order valence-electron chi connectivity index (χ3n) is 8.53. The summed E-state index contributed by atoms with van der Waals surface area (Å²) in [6.07, 6.45) is 41.3. The van der Waals surface area contributed by atoms with E-state index in [1.165, 1.54) is 83.5 Å². The first kappa shape index (κ1) is 49.5. The number of unbranched alkanes of at least 4 members (excludes halogenated alkanes) is 18. The van der Waals surface area contributed by atoms with Crippen LogP contribution in [0.4, 0.5) is 0 Å². The largest absolute Gasteiger partial charge is 0.756 e. The summed E-state index contributed by atoms with van der Waals surface area (Å²) in [5.74, 6) is -0.279. The number of ether oxygens (including phenoxy) is 2. The van der Waals surface area contributed by atoms with E-state index in [0.29, 0.717) is 24.1 Å². The van der Waals surface area contributed by atoms with Crippen molar-refractivity contribution >= 4 is 13.8 Å². The maximum Gasteiger partial charge on any atom is 0.305 e. The lowest BCUT2D eigenvalue weighted by Crippen LogP contribution is -2.37. The van der Waals surface area contributed by atoms with E-state index in [0.717, 1.165) is 51.4 Å². The average molecular weight is 740 g/mol. The van der Waals surface area contributed by atoms with Gasteiger partial charge in [0.05, 0.1) is 27.7 Å². The van der Waals surface area contributed by atoms with Gasteiger partial charge in [-0.15, -0.1) is 0 Å². The van der Waals surface area contributed by atoms with Gasteiger partial charge in [0.1, 0.15) is 25.9 Å². The molecule has 8 nitrogen and oxygen atoms in total. The molecule has 0 aliphatic rings. The summed E-state index contributed by atoms with van der Waals surface area (Å²) in [6.45, 7) is 5.11. The maximum atomic E-state index is 12.4. The molecular formula is C42H78NO7P. The molecule has 0 bridgehead atoms. The quantitative estimate of drug-likeness (QED) is 0.0206. The fourth-order valence-electron chi connectivity index (χ4n) is 5.30. The van der Waals surface area contributed by atoms with Gasteiger partial charge < -0.3 is 27.9 Å². The zero-order valence-corrected chi connectivity index (χ0v) is 34.4. The topological polar surface area (TPSA) is 94.1 Å². The fraction of sp³-hybridized carbons (Fsp3) is 0.786. The number of carbonyl (C=O) groups is 1. The number of hydrogen-bond acceptors (Lipinski definition) is 7. The van der Waals surface area contributed by atoms with Gasteiger partial charge in [-0.2, -0.15) is 0 Å². The lowest BCUT2D eigenvalue weighted by molar-refractivity contribution is -0.870. The Balaban J connectivity index is 4.31. The van der Waals surface area contributed by atoms with Crippen LogP contribution in [0.3, 0.4) is 0 Å². The number of allylic oxidation sites excluding steroid dienone is 8. The van der Waals surface area contributed by atoms with Crippen molar-refractivity contribution in [2.24, 2.45) is 0 Å². The molecule has 0 rings (SSSR count). The van der Waals surface area contributed by atoms with Crippen LogP contribution in [-0.4, -0.2) is 70.7 Å². The van der Waals surface area contributed by atoms with Gasteiger partial charge in [-0.3, -0.25) is 9.36 Å². The van der Waals surface area contributed by atoms with Crippen molar-refractivity contribution in [2.45, 2.75) is 161 Å². The molecule has 0 N–H and O–H groups in total. The van der Waals surface area contributed by atoms with Crippen LogP contribution in [0.1, 0.15) is 155 Å². The number of esters is 1. The van der Waals surface area contributed by atoms with E-state index in [4.69, 9.17) is 18.5 Å². The van der Waals surface area contributed by atoms with Crippen molar-refractivity contribution in [1.82, 2.24) is 0 Å². The molecule has 0 spiro atoms. The van der Waals surface area contributed by atoms with E-state index in [1.54, 1.807) is 0 Å². The zero-order valence-electron chi connectivity index (χ0n) is 33.5. The van der Waals surface area contributed by atoms with E-state index in [2.05, 4.69) is 44.2 Å². The normalized spacial score (nSPS) is 14.4. The summed E-state index contributed by atoms with van der Waals surface area (Å²) >= 11 is 0. The van der Waals surface area contributed by atoms with Gasteiger partial charge >= 0.3 is 5.97 Å². The summed E-state index contributed by atoms with van der Waals surface area (Å²) in [6, 6.07) is 0. The Hall–Kier alpha value is -1.54. The molecule has 0 aromatic heterocycles. The highest BCUT2D eigenvalue weighted by molar-refractivity contribution is 7.45. The molecule has 0 saturated heterocycles. The van der Waals surface area contributed by atoms with Crippen molar-refractivity contribution < 1.29 is 37.3 Å². The lowest BCUT2D eigenvalue weighted by atomic mass is 10.0. The van der Waals surface area contributed by atoms with Crippen molar-refractivity contribution in [3.8, 4) is 0 Å². The van der Waals surface area contributed by atoms with E-state index >= 15 is 0 Å². The monoisotopic (exact) mass is 740 g/mol. The van der Waals surface area contributed by atoms with E-state index in [-0.39, 0.29) is 25.8 Å². The van der Waals surface area contributed by atoms with E-state index < -0.39 is 13.9 Å². The highest BCUT2D eigenvalue weighted by Gasteiger charge is 2.19. The van der Waals surface area contributed by atoms with Crippen molar-refractivity contribution in [3.05, 3.63) is 48.6 Å². The first-order valence-corrected chi connectivity index (χ1v) is 21.9. The lowest BCUT2D eigenvalue weighted by Gasteiger charge is -2.28. The third kappa shape index (κ3) is 39.5. The second kappa shape index (κ2) is 35.5. The summed E-state index contributed by atoms with van der Waals surface area (Å²) in [7, 11) is 1.38. The van der Waals surface area contributed by atoms with Crippen LogP contribution in [0.25, 0.3) is 0 Å². The van der Waals surface area contributed by atoms with Gasteiger partial charge in [0.2, 0.25) is 0 Å². The molecule has 0 radical (unpaired) electrons. The standard InChI is InChI=1S/C42H78NO7P/c1-6-8-10-12-14-16-18-20-21-22-24-26-28-30-32-34-37-47-41(40-50-51(45,46)49-38-36-43(3,4)5)39-48-42(44)35-33-31-29-27-25-23-19-17-15-13-11-9-7-2/h8,10,12,14,16,18,20-21,41H,6-7,9,11,13,15,17,19,22-40H2,1-5H3/b10-8-,14-12+,18-16+,21-20-/t41-/m1/s1. The molecule has 51 heavy (non-hydrogen) atoms. The predicted octanol–water partition coefficient (Wildman–Crippen LogP) is 11.0. The Labute approximate surface area is 314 Å². The molecule has 0 aliphatic heterocycles. The molecule has 0 fully saturated rings. The molecule has 0 aliphatic carbocycles. The molecule has 1 unspecified atom stereocenters. The number of phosphoric acid groups is 1. The van der Waals surface area contributed by atoms with Crippen molar-refractivity contribution in [1.29, 1.82) is 0 Å². The van der Waals surface area contributed by atoms with E-state index in [9.17, 15) is 14.3 Å². The number of likely N-dealkylation sites (N-methyl/N-ethyl adjacent to an activating group) is 1. The summed E-state index contributed by atoms with van der Waals surface area (Å²) in [4.78, 5) is 24.8. The van der Waals surface area contributed by atoms with Crippen LogP contribution < -0.4 is 4.89 Å². The second-order valence-corrected chi connectivity index (χ2v) is 16.1. The van der Waals surface area contributed by atoms with Gasteiger partial charge in [0.15, 0.2) is 0 Å². The van der Waals surface area contributed by atoms with Crippen LogP contribution >= 0.6 is 7.82 Å². The number of nitrogens with zero attached hydrogens (tertiary/aromatic N) is 1. The molecule has 0 heterocycles. The zero-order chi connectivity index (χ0) is 37.7. The molecule has 0 aromatic rings. The second-order valence-electron chi connectivity index (χ2n) is 14.7. The van der Waals surface area contributed by atoms with Crippen LogP contribution in [0.5, 0.6) is 0 Å². The Kier molecular flexibility index (Phi) is 34.4. The van der Waals surface area contributed by atoms with Gasteiger partial charge in [-0.25, -0.2) is 0 Å². The highest BCUT2D eigenvalue weighted by Crippen LogP contribution is 2.38. The first-order chi connectivity index (χ1) is 24.6. The Morgan fingerprint density at radius 3 is 1.71 bits per heavy atom. The van der Waals surface area contributed by atoms with Crippen molar-refractivity contribution in [2.75, 3.05) is 54.1 Å². The molecule has 2 atom stereocenters. The SMILES string of the molecule is CC\C=C/C=C/C=C/C=C\CCCCCCCCO[C@H](COC(=O)CCCCCCCCCCCCCCC)COP(=O)([O-])OCC[N+](C)(C)C. The molecule has 0 aromatic carbocycles. The van der Waals surface area contributed by atoms with Crippen LogP contribution in [0, 0.1) is 0 Å². The van der Waals surface area contributed by atoms with Crippen LogP contribution in [0.15, 0.2) is 48.6 Å². The van der Waals surface area contributed by atoms with Gasteiger partial charge in [-0.05, 0) is 32.1 Å². The highest BCUT2D eigenvalue weighted by atomic mass is 31.2. The van der Waals surface area contributed by atoms with Gasteiger partial charge in [0, 0.05) is 13.0 Å².